The van der Waals surface area contributed by atoms with Crippen LogP contribution in [-0.2, 0) is 29.4 Å². The first-order valence-electron chi connectivity index (χ1n) is 11.6. The Kier molecular flexibility index (Phi) is 7.68. The zero-order chi connectivity index (χ0) is 23.1. The van der Waals surface area contributed by atoms with Crippen LogP contribution in [0.15, 0.2) is 72.9 Å². The molecule has 6 heteroatoms. The molecule has 0 fully saturated rings. The van der Waals surface area contributed by atoms with Crippen molar-refractivity contribution in [2.24, 2.45) is 0 Å². The van der Waals surface area contributed by atoms with Crippen molar-refractivity contribution in [3.63, 3.8) is 0 Å². The lowest BCUT2D eigenvalue weighted by Crippen LogP contribution is -2.31. The first-order chi connectivity index (χ1) is 16.0. The van der Waals surface area contributed by atoms with Gasteiger partial charge in [-0.3, -0.25) is 9.62 Å². The van der Waals surface area contributed by atoms with E-state index in [2.05, 4.69) is 69.7 Å². The number of hydrogen-bond acceptors (Lipinski definition) is 4. The Morgan fingerprint density at radius 3 is 2.67 bits per heavy atom. The van der Waals surface area contributed by atoms with E-state index in [4.69, 9.17) is 0 Å². The summed E-state index contributed by atoms with van der Waals surface area (Å²) in [5, 5.41) is 5.99. The summed E-state index contributed by atoms with van der Waals surface area (Å²) in [5.41, 5.74) is 4.53. The molecule has 0 unspecified atom stereocenters. The van der Waals surface area contributed by atoms with Gasteiger partial charge in [0.25, 0.3) is 0 Å². The third kappa shape index (κ3) is 7.07. The summed E-state index contributed by atoms with van der Waals surface area (Å²) in [5.74, 6) is 0. The monoisotopic (exact) mass is 463 g/mol. The van der Waals surface area contributed by atoms with Gasteiger partial charge in [-0.15, -0.1) is 0 Å². The maximum atomic E-state index is 11.5. The van der Waals surface area contributed by atoms with Crippen molar-refractivity contribution in [2.75, 3.05) is 30.6 Å². The highest BCUT2D eigenvalue weighted by Crippen LogP contribution is 2.23. The van der Waals surface area contributed by atoms with Gasteiger partial charge < -0.3 is 5.32 Å². The van der Waals surface area contributed by atoms with Gasteiger partial charge in [-0.2, -0.15) is 0 Å². The van der Waals surface area contributed by atoms with Gasteiger partial charge in [0, 0.05) is 25.3 Å². The third-order valence-corrected chi connectivity index (χ3v) is 6.66. The van der Waals surface area contributed by atoms with E-state index < -0.39 is 10.0 Å². The van der Waals surface area contributed by atoms with Gasteiger partial charge >= 0.3 is 0 Å². The zero-order valence-corrected chi connectivity index (χ0v) is 20.1. The molecule has 0 radical (unpaired) electrons. The number of rotatable bonds is 10. The molecule has 3 aromatic carbocycles. The molecule has 0 atom stereocenters. The number of hydrogen-bond donors (Lipinski definition) is 2. The normalized spacial score (nSPS) is 14.5. The van der Waals surface area contributed by atoms with Gasteiger partial charge in [0.2, 0.25) is 10.0 Å². The average Bonchev–Trinajstić information content (AvgIpc) is 2.79. The van der Waals surface area contributed by atoms with Crippen LogP contribution in [0.25, 0.3) is 10.8 Å². The minimum Gasteiger partial charge on any atom is -0.391 e. The summed E-state index contributed by atoms with van der Waals surface area (Å²) in [6.07, 6.45) is 9.66. The van der Waals surface area contributed by atoms with Crippen LogP contribution in [0, 0.1) is 0 Å². The predicted molar refractivity (Wildman–Crippen MR) is 138 cm³/mol. The molecule has 5 nitrogen and oxygen atoms in total. The quantitative estimate of drug-likeness (QED) is 0.428. The highest BCUT2D eigenvalue weighted by atomic mass is 32.2. The smallest absolute Gasteiger partial charge is 0.229 e. The fourth-order valence-electron chi connectivity index (χ4n) is 4.37. The predicted octanol–water partition coefficient (Wildman–Crippen LogP) is 4.70. The first kappa shape index (κ1) is 23.3. The van der Waals surface area contributed by atoms with Crippen LogP contribution < -0.4 is 10.0 Å². The summed E-state index contributed by atoms with van der Waals surface area (Å²) in [4.78, 5) is 2.46. The van der Waals surface area contributed by atoms with Gasteiger partial charge in [0.05, 0.1) is 6.26 Å². The molecule has 3 aromatic rings. The molecule has 2 N–H and O–H groups in total. The molecule has 174 valence electrons. The van der Waals surface area contributed by atoms with E-state index in [1.54, 1.807) is 0 Å². The average molecular weight is 464 g/mol. The van der Waals surface area contributed by atoms with E-state index >= 15 is 0 Å². The number of sulfonamides is 1. The van der Waals surface area contributed by atoms with Crippen LogP contribution >= 0.6 is 0 Å². The highest BCUT2D eigenvalue weighted by molar-refractivity contribution is 7.92. The molecule has 0 spiro atoms. The maximum absolute atomic E-state index is 11.5. The molecular formula is C27H33N3O2S. The molecular weight excluding hydrogens is 430 g/mol. The Morgan fingerprint density at radius 2 is 1.82 bits per heavy atom. The second-order valence-electron chi connectivity index (χ2n) is 8.83. The van der Waals surface area contributed by atoms with Gasteiger partial charge in [-0.1, -0.05) is 54.6 Å². The zero-order valence-electron chi connectivity index (χ0n) is 19.3. The summed E-state index contributed by atoms with van der Waals surface area (Å²) in [6.45, 7) is 3.98. The van der Waals surface area contributed by atoms with Crippen molar-refractivity contribution in [1.29, 1.82) is 0 Å². The lowest BCUT2D eigenvalue weighted by molar-refractivity contribution is 0.249. The minimum atomic E-state index is -3.25. The van der Waals surface area contributed by atoms with Crippen LogP contribution in [-0.4, -0.2) is 39.2 Å². The number of allylic oxidation sites excluding steroid dienone is 1. The van der Waals surface area contributed by atoms with Crippen molar-refractivity contribution in [2.45, 2.75) is 32.2 Å². The maximum Gasteiger partial charge on any atom is 0.229 e. The third-order valence-electron chi connectivity index (χ3n) is 6.05. The molecule has 0 saturated heterocycles. The Balaban J connectivity index is 1.14. The fraction of sp³-hybridized carbons (Fsp3) is 0.333. The molecule has 0 amide bonds. The number of nitrogens with zero attached hydrogens (tertiary/aromatic N) is 1. The Labute approximate surface area is 197 Å². The van der Waals surface area contributed by atoms with Crippen LogP contribution in [0.4, 0.5) is 5.69 Å². The minimum absolute atomic E-state index is 0.651. The SMILES string of the molecule is CS(=O)(=O)Nc1ccc2c(c1)CN(CCCCN/C=C/Cc1ccc3ccccc3c1)CC2. The van der Waals surface area contributed by atoms with E-state index in [0.29, 0.717) is 5.69 Å². The molecule has 1 aliphatic rings. The van der Waals surface area contributed by atoms with Gasteiger partial charge in [-0.25, -0.2) is 8.42 Å². The van der Waals surface area contributed by atoms with Gasteiger partial charge in [-0.05, 0) is 78.0 Å². The Morgan fingerprint density at radius 1 is 0.970 bits per heavy atom. The number of nitrogens with one attached hydrogen (secondary N) is 2. The summed E-state index contributed by atoms with van der Waals surface area (Å²) in [6, 6.07) is 21.0. The summed E-state index contributed by atoms with van der Waals surface area (Å²) in [7, 11) is -3.25. The van der Waals surface area contributed by atoms with Crippen molar-refractivity contribution in [3.05, 3.63) is 89.6 Å². The van der Waals surface area contributed by atoms with Crippen molar-refractivity contribution in [1.82, 2.24) is 10.2 Å². The largest absolute Gasteiger partial charge is 0.391 e. The highest BCUT2D eigenvalue weighted by Gasteiger charge is 2.16. The van der Waals surface area contributed by atoms with E-state index in [9.17, 15) is 8.42 Å². The van der Waals surface area contributed by atoms with E-state index in [1.165, 1.54) is 33.7 Å². The Hall–Kier alpha value is -2.83. The second-order valence-corrected chi connectivity index (χ2v) is 10.6. The molecule has 4 rings (SSSR count). The standard InChI is InChI=1S/C27H33N3O2S/c1-33(31,32)29-27-13-12-24-14-18-30(21-26(24)20-27)17-5-4-15-28-16-6-7-22-10-11-23-8-2-3-9-25(23)19-22/h2-3,6,8-13,16,19-20,28-29H,4-5,7,14-15,17-18,21H2,1H3/b16-6+. The van der Waals surface area contributed by atoms with Crippen LogP contribution in [0.3, 0.4) is 0 Å². The van der Waals surface area contributed by atoms with Gasteiger partial charge in [0.15, 0.2) is 0 Å². The van der Waals surface area contributed by atoms with Crippen molar-refractivity contribution in [3.8, 4) is 0 Å². The van der Waals surface area contributed by atoms with E-state index in [0.717, 1.165) is 51.9 Å². The van der Waals surface area contributed by atoms with Crippen LogP contribution in [0.1, 0.15) is 29.5 Å². The molecule has 1 heterocycles. The number of unbranched alkanes of at least 4 members (excludes halogenated alkanes) is 1. The second kappa shape index (κ2) is 10.9. The molecule has 0 bridgehead atoms. The molecule has 0 saturated carbocycles. The summed E-state index contributed by atoms with van der Waals surface area (Å²) < 4.78 is 25.6. The van der Waals surface area contributed by atoms with E-state index in [1.807, 2.05) is 18.2 Å². The molecule has 1 aliphatic heterocycles. The van der Waals surface area contributed by atoms with Crippen LogP contribution in [0.2, 0.25) is 0 Å². The molecule has 0 aromatic heterocycles. The van der Waals surface area contributed by atoms with Crippen molar-refractivity contribution < 1.29 is 8.42 Å². The van der Waals surface area contributed by atoms with Gasteiger partial charge in [0.1, 0.15) is 0 Å². The summed E-state index contributed by atoms with van der Waals surface area (Å²) >= 11 is 0. The topological polar surface area (TPSA) is 61.4 Å². The van der Waals surface area contributed by atoms with E-state index in [-0.39, 0.29) is 0 Å². The molecule has 33 heavy (non-hydrogen) atoms. The first-order valence-corrected chi connectivity index (χ1v) is 13.5. The van der Waals surface area contributed by atoms with Crippen LogP contribution in [0.5, 0.6) is 0 Å². The lowest BCUT2D eigenvalue weighted by Gasteiger charge is -2.29. The number of benzene rings is 3. The number of fused-ring (bicyclic) bond motifs is 2. The molecule has 0 aliphatic carbocycles. The van der Waals surface area contributed by atoms with Crippen molar-refractivity contribution >= 4 is 26.5 Å². The lowest BCUT2D eigenvalue weighted by atomic mass is 9.99. The fourth-order valence-corrected chi connectivity index (χ4v) is 4.93. The number of anilines is 1. The Bertz CT molecular complexity index is 1220.